The molecule has 1 rings (SSSR count). The second kappa shape index (κ2) is 5.04. The minimum Gasteiger partial charge on any atom is -0.495 e. The first-order valence-electron chi connectivity index (χ1n) is 4.27. The number of hydrogen-bond donors (Lipinski definition) is 0. The van der Waals surface area contributed by atoms with Gasteiger partial charge in [-0.25, -0.2) is 13.8 Å². The molecule has 1 aromatic heterocycles. The molecule has 0 unspecified atom stereocenters. The third-order valence-electron chi connectivity index (χ3n) is 1.88. The van der Waals surface area contributed by atoms with Gasteiger partial charge in [0.2, 0.25) is 0 Å². The van der Waals surface area contributed by atoms with Gasteiger partial charge in [0.15, 0.2) is 0 Å². The summed E-state index contributed by atoms with van der Waals surface area (Å²) in [4.78, 5) is 3.58. The van der Waals surface area contributed by atoms with E-state index in [-0.39, 0.29) is 23.4 Å². The molecule has 16 heavy (non-hydrogen) atoms. The Morgan fingerprint density at radius 1 is 1.50 bits per heavy atom. The summed E-state index contributed by atoms with van der Waals surface area (Å²) in [6.45, 7) is 0. The number of hydrogen-bond acceptors (Lipinski definition) is 4. The van der Waals surface area contributed by atoms with Crippen molar-refractivity contribution in [1.82, 2.24) is 4.98 Å². The lowest BCUT2D eigenvalue weighted by atomic mass is 10.1. The number of methoxy groups -OCH3 is 1. The number of pyridine rings is 1. The fourth-order valence-corrected chi connectivity index (χ4v) is 1.18. The van der Waals surface area contributed by atoms with E-state index in [2.05, 4.69) is 4.98 Å². The standard InChI is InChI=1S/C10H7F2N3O/c1-16-8-4-6(5-14)9(10(11)12)15-7(8)2-3-13/h4,10H,2H2,1H3. The van der Waals surface area contributed by atoms with Gasteiger partial charge in [-0.15, -0.1) is 0 Å². The minimum atomic E-state index is -2.85. The Morgan fingerprint density at radius 2 is 2.19 bits per heavy atom. The molecule has 0 radical (unpaired) electrons. The summed E-state index contributed by atoms with van der Waals surface area (Å²) in [5.74, 6) is 0.169. The quantitative estimate of drug-likeness (QED) is 0.785. The van der Waals surface area contributed by atoms with Crippen molar-refractivity contribution in [3.63, 3.8) is 0 Å². The molecule has 0 aliphatic rings. The van der Waals surface area contributed by atoms with Crippen molar-refractivity contribution in [3.8, 4) is 17.9 Å². The second-order valence-corrected chi connectivity index (χ2v) is 2.82. The molecule has 0 aromatic carbocycles. The first-order chi connectivity index (χ1) is 7.63. The van der Waals surface area contributed by atoms with Crippen molar-refractivity contribution in [2.24, 2.45) is 0 Å². The molecular formula is C10H7F2N3O. The summed E-state index contributed by atoms with van der Waals surface area (Å²) >= 11 is 0. The summed E-state index contributed by atoms with van der Waals surface area (Å²) in [6.07, 6.45) is -2.99. The number of ether oxygens (including phenoxy) is 1. The predicted octanol–water partition coefficient (Wildman–Crippen LogP) is 1.97. The van der Waals surface area contributed by atoms with Gasteiger partial charge < -0.3 is 4.74 Å². The van der Waals surface area contributed by atoms with Crippen molar-refractivity contribution in [2.45, 2.75) is 12.8 Å². The highest BCUT2D eigenvalue weighted by Crippen LogP contribution is 2.26. The van der Waals surface area contributed by atoms with E-state index in [0.717, 1.165) is 0 Å². The van der Waals surface area contributed by atoms with Crippen LogP contribution in [0, 0.1) is 22.7 Å². The van der Waals surface area contributed by atoms with Crippen LogP contribution < -0.4 is 4.74 Å². The topological polar surface area (TPSA) is 69.7 Å². The maximum Gasteiger partial charge on any atom is 0.281 e. The van der Waals surface area contributed by atoms with Gasteiger partial charge in [-0.1, -0.05) is 0 Å². The van der Waals surface area contributed by atoms with Crippen LogP contribution in [0.1, 0.15) is 23.4 Å². The molecule has 0 aliphatic carbocycles. The fraction of sp³-hybridized carbons (Fsp3) is 0.300. The maximum atomic E-state index is 12.5. The second-order valence-electron chi connectivity index (χ2n) is 2.82. The Morgan fingerprint density at radius 3 is 2.62 bits per heavy atom. The van der Waals surface area contributed by atoms with E-state index >= 15 is 0 Å². The first-order valence-corrected chi connectivity index (χ1v) is 4.27. The Labute approximate surface area is 90.7 Å². The van der Waals surface area contributed by atoms with E-state index < -0.39 is 12.1 Å². The van der Waals surface area contributed by atoms with Crippen LogP contribution in [0.2, 0.25) is 0 Å². The number of aromatic nitrogens is 1. The zero-order valence-electron chi connectivity index (χ0n) is 8.37. The number of rotatable bonds is 3. The molecule has 4 nitrogen and oxygen atoms in total. The smallest absolute Gasteiger partial charge is 0.281 e. The van der Waals surface area contributed by atoms with Crippen LogP contribution in [-0.4, -0.2) is 12.1 Å². The first kappa shape index (κ1) is 11.9. The van der Waals surface area contributed by atoms with Crippen molar-refractivity contribution in [1.29, 1.82) is 10.5 Å². The fourth-order valence-electron chi connectivity index (χ4n) is 1.18. The Kier molecular flexibility index (Phi) is 3.73. The molecule has 0 amide bonds. The van der Waals surface area contributed by atoms with Crippen LogP contribution in [0.15, 0.2) is 6.07 Å². The third kappa shape index (κ3) is 2.23. The van der Waals surface area contributed by atoms with E-state index in [9.17, 15) is 8.78 Å². The average Bonchev–Trinajstić information content (AvgIpc) is 2.28. The van der Waals surface area contributed by atoms with Crippen molar-refractivity contribution in [3.05, 3.63) is 23.0 Å². The Bertz CT molecular complexity index is 474. The molecule has 0 fully saturated rings. The van der Waals surface area contributed by atoms with Crippen LogP contribution in [0.25, 0.3) is 0 Å². The van der Waals surface area contributed by atoms with Gasteiger partial charge in [0.05, 0.1) is 30.9 Å². The monoisotopic (exact) mass is 223 g/mol. The van der Waals surface area contributed by atoms with Crippen molar-refractivity contribution in [2.75, 3.05) is 7.11 Å². The van der Waals surface area contributed by atoms with Gasteiger partial charge in [-0.2, -0.15) is 10.5 Å². The molecule has 82 valence electrons. The van der Waals surface area contributed by atoms with E-state index in [4.69, 9.17) is 15.3 Å². The molecule has 0 saturated heterocycles. The summed E-state index contributed by atoms with van der Waals surface area (Å²) in [5.41, 5.74) is -0.749. The lowest BCUT2D eigenvalue weighted by molar-refractivity contribution is 0.145. The molecule has 0 N–H and O–H groups in total. The third-order valence-corrected chi connectivity index (χ3v) is 1.88. The maximum absolute atomic E-state index is 12.5. The van der Waals surface area contributed by atoms with Crippen molar-refractivity contribution >= 4 is 0 Å². The largest absolute Gasteiger partial charge is 0.495 e. The van der Waals surface area contributed by atoms with E-state index in [1.54, 1.807) is 12.1 Å². The molecule has 1 heterocycles. The zero-order valence-corrected chi connectivity index (χ0v) is 8.37. The summed E-state index contributed by atoms with van der Waals surface area (Å²) in [5, 5.41) is 17.2. The summed E-state index contributed by atoms with van der Waals surface area (Å²) in [6, 6.07) is 4.58. The van der Waals surface area contributed by atoms with Crippen LogP contribution in [0.3, 0.4) is 0 Å². The molecule has 0 saturated carbocycles. The van der Waals surface area contributed by atoms with E-state index in [1.807, 2.05) is 0 Å². The van der Waals surface area contributed by atoms with Gasteiger partial charge in [0.1, 0.15) is 17.5 Å². The predicted molar refractivity (Wildman–Crippen MR) is 49.8 cm³/mol. The Hall–Kier alpha value is -2.21. The van der Waals surface area contributed by atoms with Gasteiger partial charge in [0.25, 0.3) is 6.43 Å². The highest BCUT2D eigenvalue weighted by atomic mass is 19.3. The normalized spacial score (nSPS) is 9.62. The number of nitriles is 2. The molecule has 6 heteroatoms. The minimum absolute atomic E-state index is 0.110. The number of halogens is 2. The van der Waals surface area contributed by atoms with Crippen LogP contribution >= 0.6 is 0 Å². The van der Waals surface area contributed by atoms with Crippen LogP contribution in [-0.2, 0) is 6.42 Å². The van der Waals surface area contributed by atoms with E-state index in [1.165, 1.54) is 13.2 Å². The zero-order chi connectivity index (χ0) is 12.1. The number of alkyl halides is 2. The SMILES string of the molecule is COc1cc(C#N)c(C(F)F)nc1CC#N. The summed E-state index contributed by atoms with van der Waals surface area (Å²) in [7, 11) is 1.32. The molecule has 0 aliphatic heterocycles. The highest BCUT2D eigenvalue weighted by molar-refractivity contribution is 5.43. The molecule has 0 bridgehead atoms. The van der Waals surface area contributed by atoms with E-state index in [0.29, 0.717) is 0 Å². The van der Waals surface area contributed by atoms with Crippen molar-refractivity contribution < 1.29 is 13.5 Å². The summed E-state index contributed by atoms with van der Waals surface area (Å²) < 4.78 is 29.9. The number of nitrogens with zero attached hydrogens (tertiary/aromatic N) is 3. The van der Waals surface area contributed by atoms with Gasteiger partial charge >= 0.3 is 0 Å². The highest BCUT2D eigenvalue weighted by Gasteiger charge is 2.19. The molecular weight excluding hydrogens is 216 g/mol. The van der Waals surface area contributed by atoms with Gasteiger partial charge in [0, 0.05) is 6.07 Å². The van der Waals surface area contributed by atoms with Crippen LogP contribution in [0.5, 0.6) is 5.75 Å². The molecule has 0 atom stereocenters. The molecule has 0 spiro atoms. The lowest BCUT2D eigenvalue weighted by Crippen LogP contribution is -2.03. The average molecular weight is 223 g/mol. The van der Waals surface area contributed by atoms with Crippen LogP contribution in [0.4, 0.5) is 8.78 Å². The van der Waals surface area contributed by atoms with Gasteiger partial charge in [-0.3, -0.25) is 0 Å². The lowest BCUT2D eigenvalue weighted by Gasteiger charge is -2.08. The Balaban J connectivity index is 3.37. The molecule has 1 aromatic rings. The van der Waals surface area contributed by atoms with Gasteiger partial charge in [-0.05, 0) is 0 Å².